The van der Waals surface area contributed by atoms with Gasteiger partial charge in [0.05, 0.1) is 11.0 Å². The van der Waals surface area contributed by atoms with Crippen LogP contribution in [0.2, 0.25) is 0 Å². The maximum absolute atomic E-state index is 11.8. The van der Waals surface area contributed by atoms with Crippen LogP contribution in [-0.2, 0) is 4.79 Å². The molecule has 0 radical (unpaired) electrons. The number of amides is 1. The van der Waals surface area contributed by atoms with Crippen LogP contribution in [0.3, 0.4) is 0 Å². The van der Waals surface area contributed by atoms with Crippen LogP contribution in [-0.4, -0.2) is 16.9 Å². The Labute approximate surface area is 110 Å². The first-order valence-electron chi connectivity index (χ1n) is 6.72. The summed E-state index contributed by atoms with van der Waals surface area (Å²) in [6.45, 7) is 2.07. The van der Waals surface area contributed by atoms with Crippen molar-refractivity contribution >= 4 is 23.1 Å². The van der Waals surface area contributed by atoms with Crippen molar-refractivity contribution in [3.05, 3.63) is 0 Å². The number of hydrogen-bond donors (Lipinski definition) is 2. The third kappa shape index (κ3) is 5.48. The maximum atomic E-state index is 11.8. The number of hydrogen-bond acceptors (Lipinski definition) is 2. The summed E-state index contributed by atoms with van der Waals surface area (Å²) < 4.78 is 0. The Balaban J connectivity index is 2.23. The molecule has 3 nitrogen and oxygen atoms in total. The van der Waals surface area contributed by atoms with E-state index in [2.05, 4.69) is 12.2 Å². The molecule has 1 atom stereocenters. The fourth-order valence-corrected chi connectivity index (χ4v) is 2.65. The second kappa shape index (κ2) is 7.64. The van der Waals surface area contributed by atoms with Gasteiger partial charge in [0.2, 0.25) is 5.91 Å². The molecule has 1 aliphatic carbocycles. The Kier molecular flexibility index (Phi) is 6.48. The number of rotatable bonds is 7. The van der Waals surface area contributed by atoms with Crippen LogP contribution < -0.4 is 11.1 Å². The van der Waals surface area contributed by atoms with Gasteiger partial charge in [-0.15, -0.1) is 0 Å². The monoisotopic (exact) mass is 256 g/mol. The highest BCUT2D eigenvalue weighted by molar-refractivity contribution is 7.80. The Morgan fingerprint density at radius 1 is 1.47 bits per heavy atom. The molecule has 17 heavy (non-hydrogen) atoms. The second-order valence-electron chi connectivity index (χ2n) is 5.00. The minimum absolute atomic E-state index is 0.100. The van der Waals surface area contributed by atoms with Crippen LogP contribution in [0, 0.1) is 5.92 Å². The summed E-state index contributed by atoms with van der Waals surface area (Å²) in [4.78, 5) is 12.2. The lowest BCUT2D eigenvalue weighted by molar-refractivity contribution is -0.121. The van der Waals surface area contributed by atoms with E-state index in [0.29, 0.717) is 11.4 Å². The van der Waals surface area contributed by atoms with Crippen LogP contribution in [0.15, 0.2) is 0 Å². The van der Waals surface area contributed by atoms with Gasteiger partial charge in [-0.25, -0.2) is 0 Å². The molecule has 0 spiro atoms. The van der Waals surface area contributed by atoms with Crippen molar-refractivity contribution in [2.75, 3.05) is 0 Å². The molecule has 3 N–H and O–H groups in total. The zero-order chi connectivity index (χ0) is 12.7. The molecule has 1 unspecified atom stereocenters. The summed E-state index contributed by atoms with van der Waals surface area (Å²) in [5.74, 6) is 0.860. The molecule has 98 valence electrons. The van der Waals surface area contributed by atoms with E-state index in [1.54, 1.807) is 0 Å². The first-order valence-corrected chi connectivity index (χ1v) is 7.13. The molecule has 1 rings (SSSR count). The molecule has 4 heteroatoms. The highest BCUT2D eigenvalue weighted by Crippen LogP contribution is 2.28. The molecule has 1 fully saturated rings. The van der Waals surface area contributed by atoms with Crippen LogP contribution in [0.1, 0.15) is 58.3 Å². The Bertz CT molecular complexity index is 262. The number of carbonyl (C=O) groups excluding carboxylic acids is 1. The summed E-state index contributed by atoms with van der Waals surface area (Å²) in [5, 5.41) is 2.94. The van der Waals surface area contributed by atoms with Gasteiger partial charge in [0, 0.05) is 6.42 Å². The predicted molar refractivity (Wildman–Crippen MR) is 74.8 cm³/mol. The smallest absolute Gasteiger partial charge is 0.220 e. The highest BCUT2D eigenvalue weighted by Gasteiger charge is 2.18. The fourth-order valence-electron chi connectivity index (χ4n) is 2.47. The van der Waals surface area contributed by atoms with E-state index in [0.717, 1.165) is 25.2 Å². The molecule has 0 aromatic rings. The van der Waals surface area contributed by atoms with Crippen molar-refractivity contribution in [2.45, 2.75) is 64.3 Å². The minimum Gasteiger partial charge on any atom is -0.392 e. The predicted octanol–water partition coefficient (Wildman–Crippen LogP) is 2.53. The van der Waals surface area contributed by atoms with Gasteiger partial charge in [0.25, 0.3) is 0 Å². The van der Waals surface area contributed by atoms with E-state index in [1.807, 2.05) is 0 Å². The van der Waals surface area contributed by atoms with E-state index >= 15 is 0 Å². The van der Waals surface area contributed by atoms with Gasteiger partial charge in [0.1, 0.15) is 0 Å². The highest BCUT2D eigenvalue weighted by atomic mass is 32.1. The lowest BCUT2D eigenvalue weighted by Crippen LogP contribution is -2.43. The van der Waals surface area contributed by atoms with Gasteiger partial charge < -0.3 is 11.1 Å². The van der Waals surface area contributed by atoms with E-state index in [1.165, 1.54) is 25.7 Å². The van der Waals surface area contributed by atoms with Crippen molar-refractivity contribution in [3.63, 3.8) is 0 Å². The summed E-state index contributed by atoms with van der Waals surface area (Å²) in [5.41, 5.74) is 5.61. The lowest BCUT2D eigenvalue weighted by Gasteiger charge is -2.17. The van der Waals surface area contributed by atoms with Crippen LogP contribution in [0.5, 0.6) is 0 Å². The van der Waals surface area contributed by atoms with Gasteiger partial charge in [-0.3, -0.25) is 4.79 Å². The molecule has 0 aromatic heterocycles. The number of carbonyl (C=O) groups is 1. The molecular formula is C13H24N2OS. The van der Waals surface area contributed by atoms with E-state index in [9.17, 15) is 4.79 Å². The average Bonchev–Trinajstić information content (AvgIpc) is 2.78. The lowest BCUT2D eigenvalue weighted by atomic mass is 10.0. The zero-order valence-electron chi connectivity index (χ0n) is 10.7. The summed E-state index contributed by atoms with van der Waals surface area (Å²) in [7, 11) is 0. The van der Waals surface area contributed by atoms with Gasteiger partial charge in [-0.2, -0.15) is 0 Å². The van der Waals surface area contributed by atoms with Gasteiger partial charge >= 0.3 is 0 Å². The van der Waals surface area contributed by atoms with Crippen LogP contribution in [0.4, 0.5) is 0 Å². The van der Waals surface area contributed by atoms with E-state index in [4.69, 9.17) is 18.0 Å². The average molecular weight is 256 g/mol. The van der Waals surface area contributed by atoms with E-state index < -0.39 is 0 Å². The Hall–Kier alpha value is -0.640. The summed E-state index contributed by atoms with van der Waals surface area (Å²) >= 11 is 4.96. The van der Waals surface area contributed by atoms with Crippen molar-refractivity contribution in [2.24, 2.45) is 11.7 Å². The molecular weight excluding hydrogens is 232 g/mol. The summed E-state index contributed by atoms with van der Waals surface area (Å²) in [6.07, 6.45) is 8.70. The van der Waals surface area contributed by atoms with E-state index in [-0.39, 0.29) is 11.9 Å². The molecule has 0 saturated heterocycles. The topological polar surface area (TPSA) is 55.1 Å². The zero-order valence-corrected chi connectivity index (χ0v) is 11.5. The Morgan fingerprint density at radius 3 is 2.65 bits per heavy atom. The molecule has 1 aliphatic rings. The fraction of sp³-hybridized carbons (Fsp3) is 0.846. The first kappa shape index (κ1) is 14.4. The summed E-state index contributed by atoms with van der Waals surface area (Å²) in [6, 6.07) is -0.119. The minimum atomic E-state index is -0.119. The van der Waals surface area contributed by atoms with Crippen molar-refractivity contribution in [3.8, 4) is 0 Å². The maximum Gasteiger partial charge on any atom is 0.220 e. The standard InChI is InChI=1S/C13H24N2OS/c1-2-5-11(13(14)17)15-12(16)9-8-10-6-3-4-7-10/h10-11H,2-9H2,1H3,(H2,14,17)(H,15,16). The number of nitrogens with one attached hydrogen (secondary N) is 1. The van der Waals surface area contributed by atoms with Crippen molar-refractivity contribution in [1.29, 1.82) is 0 Å². The molecule has 1 amide bonds. The van der Waals surface area contributed by atoms with Gasteiger partial charge in [0.15, 0.2) is 0 Å². The van der Waals surface area contributed by atoms with Gasteiger partial charge in [-0.05, 0) is 18.8 Å². The van der Waals surface area contributed by atoms with Crippen molar-refractivity contribution < 1.29 is 4.79 Å². The quantitative estimate of drug-likeness (QED) is 0.688. The third-order valence-electron chi connectivity index (χ3n) is 3.51. The molecule has 1 saturated carbocycles. The number of nitrogens with two attached hydrogens (primary N) is 1. The first-order chi connectivity index (χ1) is 8.13. The normalized spacial score (nSPS) is 17.9. The van der Waals surface area contributed by atoms with Crippen LogP contribution in [0.25, 0.3) is 0 Å². The van der Waals surface area contributed by atoms with Crippen LogP contribution >= 0.6 is 12.2 Å². The Morgan fingerprint density at radius 2 is 2.12 bits per heavy atom. The molecule has 0 aromatic carbocycles. The SMILES string of the molecule is CCCC(NC(=O)CCC1CCCC1)C(N)=S. The third-order valence-corrected chi connectivity index (χ3v) is 3.79. The van der Waals surface area contributed by atoms with Gasteiger partial charge in [-0.1, -0.05) is 51.2 Å². The molecule has 0 bridgehead atoms. The second-order valence-corrected chi connectivity index (χ2v) is 5.47. The van der Waals surface area contributed by atoms with Crippen molar-refractivity contribution in [1.82, 2.24) is 5.32 Å². The molecule has 0 aliphatic heterocycles. The molecule has 0 heterocycles. The largest absolute Gasteiger partial charge is 0.392 e. The number of thiocarbonyl (C=S) groups is 1.